The first-order chi connectivity index (χ1) is 17.0. The smallest absolute Gasteiger partial charge is 0.268 e. The van der Waals surface area contributed by atoms with Crippen LogP contribution in [0, 0.1) is 12.8 Å². The number of nitrogens with zero attached hydrogens (tertiary/aromatic N) is 7. The molecule has 6 rings (SSSR count). The number of halogens is 1. The predicted molar refractivity (Wildman–Crippen MR) is 128 cm³/mol. The Balaban J connectivity index is 1.55. The molecule has 1 aromatic carbocycles. The first-order valence-electron chi connectivity index (χ1n) is 10.9. The van der Waals surface area contributed by atoms with Crippen molar-refractivity contribution in [1.29, 1.82) is 0 Å². The van der Waals surface area contributed by atoms with Crippen LogP contribution < -0.4 is 16.6 Å². The fraction of sp³-hybridized carbons (Fsp3) is 0.227. The number of hydrogen-bond donors (Lipinski definition) is 3. The number of nitrogens with two attached hydrogens (primary N) is 1. The van der Waals surface area contributed by atoms with Gasteiger partial charge < -0.3 is 15.5 Å². The molecule has 1 aliphatic rings. The summed E-state index contributed by atoms with van der Waals surface area (Å²) in [5.41, 5.74) is 6.75. The highest BCUT2D eigenvalue weighted by Crippen LogP contribution is 2.44. The van der Waals surface area contributed by atoms with E-state index in [2.05, 4.69) is 35.7 Å². The van der Waals surface area contributed by atoms with Crippen LogP contribution in [0.25, 0.3) is 28.2 Å². The SMILES string of the molecule is Cc1nnc(-c2c(N)ncnc2N[C@H](c2nc3cccc(Cl)c3c(=O)n2-c2ccn[nH]2)C2CC2)o1. The van der Waals surface area contributed by atoms with Crippen molar-refractivity contribution in [2.24, 2.45) is 5.92 Å². The maximum atomic E-state index is 13.7. The minimum Gasteiger partial charge on any atom is -0.421 e. The van der Waals surface area contributed by atoms with Gasteiger partial charge in [-0.05, 0) is 30.9 Å². The van der Waals surface area contributed by atoms with E-state index in [1.807, 2.05) is 0 Å². The molecule has 0 radical (unpaired) electrons. The topological polar surface area (TPSA) is 166 Å². The van der Waals surface area contributed by atoms with Gasteiger partial charge in [0, 0.05) is 13.0 Å². The van der Waals surface area contributed by atoms with Crippen molar-refractivity contribution < 1.29 is 4.42 Å². The number of hydrogen-bond acceptors (Lipinski definition) is 10. The second kappa shape index (κ2) is 8.17. The molecule has 4 heterocycles. The van der Waals surface area contributed by atoms with Crippen molar-refractivity contribution >= 4 is 34.1 Å². The summed E-state index contributed by atoms with van der Waals surface area (Å²) in [6.45, 7) is 1.68. The molecule has 35 heavy (non-hydrogen) atoms. The molecule has 0 aliphatic heterocycles. The van der Waals surface area contributed by atoms with Gasteiger partial charge in [-0.15, -0.1) is 10.2 Å². The lowest BCUT2D eigenvalue weighted by Crippen LogP contribution is -2.30. The summed E-state index contributed by atoms with van der Waals surface area (Å²) in [6, 6.07) is 6.51. The number of aryl methyl sites for hydroxylation is 1. The molecular weight excluding hydrogens is 472 g/mol. The number of aromatic amines is 1. The number of anilines is 2. The summed E-state index contributed by atoms with van der Waals surface area (Å²) >= 11 is 6.39. The molecule has 1 fully saturated rings. The van der Waals surface area contributed by atoms with E-state index in [1.54, 1.807) is 37.4 Å². The molecule has 0 saturated heterocycles. The Morgan fingerprint density at radius 3 is 2.83 bits per heavy atom. The van der Waals surface area contributed by atoms with Crippen molar-refractivity contribution in [3.05, 3.63) is 63.9 Å². The summed E-state index contributed by atoms with van der Waals surface area (Å²) in [5.74, 6) is 2.32. The molecule has 12 nitrogen and oxygen atoms in total. The van der Waals surface area contributed by atoms with Gasteiger partial charge in [-0.25, -0.2) is 19.5 Å². The van der Waals surface area contributed by atoms with Gasteiger partial charge in [-0.1, -0.05) is 17.7 Å². The third-order valence-corrected chi connectivity index (χ3v) is 6.19. The molecular formula is C22H19ClN10O2. The second-order valence-electron chi connectivity index (χ2n) is 8.25. The number of rotatable bonds is 6. The van der Waals surface area contributed by atoms with Gasteiger partial charge in [-0.3, -0.25) is 9.89 Å². The molecule has 0 spiro atoms. The van der Waals surface area contributed by atoms with Crippen molar-refractivity contribution in [3.8, 4) is 17.3 Å². The third-order valence-electron chi connectivity index (χ3n) is 5.88. The number of nitrogen functional groups attached to an aromatic ring is 1. The third kappa shape index (κ3) is 3.67. The lowest BCUT2D eigenvalue weighted by Gasteiger charge is -2.23. The zero-order chi connectivity index (χ0) is 24.1. The summed E-state index contributed by atoms with van der Waals surface area (Å²) < 4.78 is 7.10. The highest BCUT2D eigenvalue weighted by atomic mass is 35.5. The van der Waals surface area contributed by atoms with Crippen LogP contribution in [0.15, 0.2) is 46.0 Å². The summed E-state index contributed by atoms with van der Waals surface area (Å²) in [7, 11) is 0. The molecule has 176 valence electrons. The monoisotopic (exact) mass is 490 g/mol. The molecule has 5 aromatic rings. The Morgan fingerprint density at radius 2 is 2.11 bits per heavy atom. The van der Waals surface area contributed by atoms with E-state index in [1.165, 1.54) is 10.9 Å². The number of nitrogens with one attached hydrogen (secondary N) is 2. The Hall–Kier alpha value is -4.32. The first kappa shape index (κ1) is 21.2. The average molecular weight is 491 g/mol. The van der Waals surface area contributed by atoms with Crippen molar-refractivity contribution in [2.45, 2.75) is 25.8 Å². The van der Waals surface area contributed by atoms with E-state index in [4.69, 9.17) is 26.7 Å². The summed E-state index contributed by atoms with van der Waals surface area (Å²) in [6.07, 6.45) is 4.81. The van der Waals surface area contributed by atoms with Crippen molar-refractivity contribution in [2.75, 3.05) is 11.1 Å². The molecule has 1 atom stereocenters. The minimum atomic E-state index is -0.397. The van der Waals surface area contributed by atoms with Crippen molar-refractivity contribution in [3.63, 3.8) is 0 Å². The van der Waals surface area contributed by atoms with E-state index < -0.39 is 6.04 Å². The van der Waals surface area contributed by atoms with Crippen molar-refractivity contribution in [1.82, 2.24) is 39.9 Å². The maximum absolute atomic E-state index is 13.7. The molecule has 1 aliphatic carbocycles. The van der Waals surface area contributed by atoms with Gasteiger partial charge in [0.05, 0.1) is 28.2 Å². The molecule has 0 bridgehead atoms. The molecule has 4 N–H and O–H groups in total. The van der Waals surface area contributed by atoms with Crippen LogP contribution in [0.1, 0.15) is 30.6 Å². The quantitative estimate of drug-likeness (QED) is 0.321. The van der Waals surface area contributed by atoms with Crippen LogP contribution in [0.4, 0.5) is 11.6 Å². The highest BCUT2D eigenvalue weighted by Gasteiger charge is 2.37. The fourth-order valence-electron chi connectivity index (χ4n) is 4.11. The van der Waals surface area contributed by atoms with Crippen LogP contribution in [0.5, 0.6) is 0 Å². The Morgan fingerprint density at radius 1 is 1.26 bits per heavy atom. The molecule has 0 amide bonds. The lowest BCUT2D eigenvalue weighted by molar-refractivity contribution is 0.532. The lowest BCUT2D eigenvalue weighted by atomic mass is 10.1. The molecule has 4 aromatic heterocycles. The van der Waals surface area contributed by atoms with Crippen LogP contribution in [0.3, 0.4) is 0 Å². The number of H-pyrrole nitrogens is 1. The fourth-order valence-corrected chi connectivity index (χ4v) is 4.36. The second-order valence-corrected chi connectivity index (χ2v) is 8.66. The Labute approximate surface area is 202 Å². The van der Waals surface area contributed by atoms with E-state index in [0.717, 1.165) is 12.8 Å². The van der Waals surface area contributed by atoms with E-state index >= 15 is 0 Å². The standard InChI is InChI=1S/C22H19ClN10O2/c1-10-30-32-21(35-10)16-18(24)25-9-26-19(16)29-17(11-5-6-11)20-28-13-4-2-3-12(23)15(13)22(34)33(20)14-7-8-27-31-14/h2-4,7-9,11,17H,5-6H2,1H3,(H,27,31)(H3,24,25,26,29)/t17-/m0/s1. The van der Waals surface area contributed by atoms with E-state index in [9.17, 15) is 4.79 Å². The van der Waals surface area contributed by atoms with Gasteiger partial charge in [0.25, 0.3) is 11.4 Å². The van der Waals surface area contributed by atoms with E-state index in [0.29, 0.717) is 44.8 Å². The minimum absolute atomic E-state index is 0.185. The zero-order valence-electron chi connectivity index (χ0n) is 18.4. The maximum Gasteiger partial charge on any atom is 0.268 e. The number of benzene rings is 1. The van der Waals surface area contributed by atoms with E-state index in [-0.39, 0.29) is 23.2 Å². The normalized spacial score (nSPS) is 14.3. The van der Waals surface area contributed by atoms with Crippen LogP contribution in [-0.2, 0) is 0 Å². The first-order valence-corrected chi connectivity index (χ1v) is 11.3. The largest absolute Gasteiger partial charge is 0.421 e. The van der Waals surface area contributed by atoms with Gasteiger partial charge in [0.15, 0.2) is 0 Å². The predicted octanol–water partition coefficient (Wildman–Crippen LogP) is 3.06. The Kier molecular flexibility index (Phi) is 4.95. The number of aromatic nitrogens is 8. The zero-order valence-corrected chi connectivity index (χ0v) is 19.2. The Bertz CT molecular complexity index is 1610. The highest BCUT2D eigenvalue weighted by molar-refractivity contribution is 6.35. The van der Waals surface area contributed by atoms with Gasteiger partial charge in [-0.2, -0.15) is 5.10 Å². The van der Waals surface area contributed by atoms with Crippen LogP contribution in [0.2, 0.25) is 5.02 Å². The van der Waals surface area contributed by atoms with Gasteiger partial charge >= 0.3 is 0 Å². The van der Waals surface area contributed by atoms with Crippen LogP contribution >= 0.6 is 11.6 Å². The average Bonchev–Trinajstić information content (AvgIpc) is 3.35. The molecule has 1 saturated carbocycles. The summed E-state index contributed by atoms with van der Waals surface area (Å²) in [4.78, 5) is 27.1. The summed E-state index contributed by atoms with van der Waals surface area (Å²) in [5, 5.41) is 19.0. The van der Waals surface area contributed by atoms with Gasteiger partial charge in [0.1, 0.15) is 35.2 Å². The number of fused-ring (bicyclic) bond motifs is 1. The van der Waals surface area contributed by atoms with Gasteiger partial charge in [0.2, 0.25) is 5.89 Å². The molecule has 0 unspecified atom stereocenters. The van der Waals surface area contributed by atoms with Crippen LogP contribution in [-0.4, -0.2) is 39.9 Å². The molecule has 13 heteroatoms.